The van der Waals surface area contributed by atoms with E-state index in [9.17, 15) is 4.79 Å². The Labute approximate surface area is 65.7 Å². The Hall–Kier alpha value is -1.03. The van der Waals surface area contributed by atoms with Gasteiger partial charge in [-0.05, 0) is 0 Å². The van der Waals surface area contributed by atoms with Gasteiger partial charge < -0.3 is 14.2 Å². The van der Waals surface area contributed by atoms with E-state index in [1.165, 1.54) is 14.0 Å². The third-order valence-corrected chi connectivity index (χ3v) is 0.817. The highest BCUT2D eigenvalue weighted by Gasteiger charge is 1.96. The molecule has 0 aliphatic carbocycles. The Morgan fingerprint density at radius 1 is 1.45 bits per heavy atom. The second-order valence-corrected chi connectivity index (χ2v) is 1.87. The lowest BCUT2D eigenvalue weighted by Gasteiger charge is -2.06. The second kappa shape index (κ2) is 5.73. The van der Waals surface area contributed by atoms with Crippen LogP contribution in [-0.2, 0) is 19.0 Å². The number of methoxy groups -OCH3 is 1. The van der Waals surface area contributed by atoms with E-state index >= 15 is 0 Å². The van der Waals surface area contributed by atoms with Crippen molar-refractivity contribution < 1.29 is 19.0 Å². The Morgan fingerprint density at radius 3 is 2.55 bits per heavy atom. The van der Waals surface area contributed by atoms with Crippen LogP contribution >= 0.6 is 0 Å². The molecule has 64 valence electrons. The van der Waals surface area contributed by atoms with Crippen molar-refractivity contribution in [1.29, 1.82) is 0 Å². The lowest BCUT2D eigenvalue weighted by Crippen LogP contribution is -2.06. The highest BCUT2D eigenvalue weighted by molar-refractivity contribution is 5.66. The van der Waals surface area contributed by atoms with Gasteiger partial charge in [0.05, 0.1) is 0 Å². The Bertz CT molecular complexity index is 141. The van der Waals surface area contributed by atoms with Crippen LogP contribution in [0.25, 0.3) is 0 Å². The molecule has 4 heteroatoms. The van der Waals surface area contributed by atoms with Gasteiger partial charge in [-0.3, -0.25) is 4.79 Å². The standard InChI is InChI=1S/C7H12O4/c1-6(11-5-9-3)4-10-7(2)8/h1,4-5H2,2-3H3. The van der Waals surface area contributed by atoms with E-state index in [-0.39, 0.29) is 19.4 Å². The molecule has 0 aromatic rings. The highest BCUT2D eigenvalue weighted by atomic mass is 16.7. The van der Waals surface area contributed by atoms with Gasteiger partial charge in [-0.2, -0.15) is 0 Å². The van der Waals surface area contributed by atoms with Crippen LogP contribution < -0.4 is 0 Å². The van der Waals surface area contributed by atoms with E-state index < -0.39 is 0 Å². The van der Waals surface area contributed by atoms with Gasteiger partial charge in [0.2, 0.25) is 0 Å². The summed E-state index contributed by atoms with van der Waals surface area (Å²) in [5, 5.41) is 0. The van der Waals surface area contributed by atoms with Crippen LogP contribution in [0.1, 0.15) is 6.92 Å². The summed E-state index contributed by atoms with van der Waals surface area (Å²) in [6, 6.07) is 0. The molecule has 0 aromatic carbocycles. The average Bonchev–Trinajstić information content (AvgIpc) is 1.97. The summed E-state index contributed by atoms with van der Waals surface area (Å²) in [4.78, 5) is 10.3. The third-order valence-electron chi connectivity index (χ3n) is 0.817. The van der Waals surface area contributed by atoms with Gasteiger partial charge >= 0.3 is 5.97 Å². The summed E-state index contributed by atoms with van der Waals surface area (Å²) in [6.07, 6.45) is 0. The maximum Gasteiger partial charge on any atom is 0.303 e. The Kier molecular flexibility index (Phi) is 5.20. The lowest BCUT2D eigenvalue weighted by atomic mass is 10.6. The van der Waals surface area contributed by atoms with Crippen LogP contribution in [0.15, 0.2) is 12.3 Å². The van der Waals surface area contributed by atoms with Crippen molar-refractivity contribution in [3.05, 3.63) is 12.3 Å². The first kappa shape index (κ1) is 9.97. The zero-order valence-corrected chi connectivity index (χ0v) is 6.75. The van der Waals surface area contributed by atoms with Crippen LogP contribution in [0.2, 0.25) is 0 Å². The number of carbonyl (C=O) groups is 1. The molecule has 0 unspecified atom stereocenters. The highest BCUT2D eigenvalue weighted by Crippen LogP contribution is 1.94. The first-order valence-electron chi connectivity index (χ1n) is 3.09. The fourth-order valence-corrected chi connectivity index (χ4v) is 0.366. The van der Waals surface area contributed by atoms with E-state index in [0.29, 0.717) is 5.76 Å². The quantitative estimate of drug-likeness (QED) is 0.337. The molecule has 0 saturated carbocycles. The Morgan fingerprint density at radius 2 is 2.09 bits per heavy atom. The number of rotatable bonds is 5. The maximum atomic E-state index is 10.3. The normalized spacial score (nSPS) is 8.91. The molecule has 0 aliphatic rings. The van der Waals surface area contributed by atoms with Crippen molar-refractivity contribution >= 4 is 5.97 Å². The predicted molar refractivity (Wildman–Crippen MR) is 38.7 cm³/mol. The zero-order valence-electron chi connectivity index (χ0n) is 6.75. The zero-order chi connectivity index (χ0) is 8.69. The number of ether oxygens (including phenoxy) is 3. The van der Waals surface area contributed by atoms with Crippen molar-refractivity contribution in [2.75, 3.05) is 20.5 Å². The largest absolute Gasteiger partial charge is 0.469 e. The molecule has 0 rings (SSSR count). The molecular weight excluding hydrogens is 148 g/mol. The lowest BCUT2D eigenvalue weighted by molar-refractivity contribution is -0.141. The minimum Gasteiger partial charge on any atom is -0.469 e. The molecule has 4 nitrogen and oxygen atoms in total. The molecule has 0 aromatic heterocycles. The molecule has 0 N–H and O–H groups in total. The second-order valence-electron chi connectivity index (χ2n) is 1.87. The summed E-state index contributed by atoms with van der Waals surface area (Å²) < 4.78 is 14.0. The van der Waals surface area contributed by atoms with Gasteiger partial charge in [0.15, 0.2) is 6.79 Å². The molecule has 11 heavy (non-hydrogen) atoms. The summed E-state index contributed by atoms with van der Waals surface area (Å²) in [6.45, 7) is 5.01. The number of hydrogen-bond acceptors (Lipinski definition) is 4. The van der Waals surface area contributed by atoms with Crippen molar-refractivity contribution in [2.24, 2.45) is 0 Å². The number of hydrogen-bond donors (Lipinski definition) is 0. The van der Waals surface area contributed by atoms with Gasteiger partial charge in [-0.25, -0.2) is 0 Å². The minimum absolute atomic E-state index is 0.0820. The molecule has 0 atom stereocenters. The smallest absolute Gasteiger partial charge is 0.303 e. The van der Waals surface area contributed by atoms with E-state index in [1.54, 1.807) is 0 Å². The topological polar surface area (TPSA) is 44.8 Å². The molecule has 0 aliphatic heterocycles. The molecule has 0 radical (unpaired) electrons. The molecular formula is C7H12O4. The van der Waals surface area contributed by atoms with Crippen molar-refractivity contribution in [2.45, 2.75) is 6.92 Å². The third kappa shape index (κ3) is 6.86. The monoisotopic (exact) mass is 160 g/mol. The fourth-order valence-electron chi connectivity index (χ4n) is 0.366. The Balaban J connectivity index is 3.30. The van der Waals surface area contributed by atoms with E-state index in [2.05, 4.69) is 16.1 Å². The van der Waals surface area contributed by atoms with Crippen LogP contribution in [0, 0.1) is 0 Å². The number of carbonyl (C=O) groups excluding carboxylic acids is 1. The van der Waals surface area contributed by atoms with Gasteiger partial charge in [-0.15, -0.1) is 0 Å². The van der Waals surface area contributed by atoms with Gasteiger partial charge in [-0.1, -0.05) is 6.58 Å². The van der Waals surface area contributed by atoms with Crippen LogP contribution in [0.3, 0.4) is 0 Å². The minimum atomic E-state index is -0.354. The van der Waals surface area contributed by atoms with Gasteiger partial charge in [0.25, 0.3) is 0 Å². The summed E-state index contributed by atoms with van der Waals surface area (Å²) in [5.41, 5.74) is 0. The molecule has 0 saturated heterocycles. The van der Waals surface area contributed by atoms with E-state index in [4.69, 9.17) is 4.74 Å². The van der Waals surface area contributed by atoms with Crippen LogP contribution in [0.4, 0.5) is 0 Å². The maximum absolute atomic E-state index is 10.3. The molecule has 0 spiro atoms. The van der Waals surface area contributed by atoms with Crippen LogP contribution in [-0.4, -0.2) is 26.5 Å². The van der Waals surface area contributed by atoms with Gasteiger partial charge in [0, 0.05) is 14.0 Å². The fraction of sp³-hybridized carbons (Fsp3) is 0.571. The van der Waals surface area contributed by atoms with E-state index in [1.807, 2.05) is 0 Å². The number of esters is 1. The molecule has 0 heterocycles. The first-order valence-corrected chi connectivity index (χ1v) is 3.09. The van der Waals surface area contributed by atoms with Crippen molar-refractivity contribution in [1.82, 2.24) is 0 Å². The average molecular weight is 160 g/mol. The molecule has 0 amide bonds. The van der Waals surface area contributed by atoms with Gasteiger partial charge in [0.1, 0.15) is 12.4 Å². The van der Waals surface area contributed by atoms with Crippen molar-refractivity contribution in [3.8, 4) is 0 Å². The summed E-state index contributed by atoms with van der Waals surface area (Å²) in [7, 11) is 1.50. The first-order chi connectivity index (χ1) is 5.16. The predicted octanol–water partition coefficient (Wildman–Crippen LogP) is 0.684. The summed E-state index contributed by atoms with van der Waals surface area (Å²) >= 11 is 0. The SMILES string of the molecule is C=C(COC(C)=O)OCOC. The summed E-state index contributed by atoms with van der Waals surface area (Å²) in [5.74, 6) is 0.0224. The molecule has 0 bridgehead atoms. The van der Waals surface area contributed by atoms with Crippen molar-refractivity contribution in [3.63, 3.8) is 0 Å². The molecule has 0 fully saturated rings. The van der Waals surface area contributed by atoms with Crippen LogP contribution in [0.5, 0.6) is 0 Å². The van der Waals surface area contributed by atoms with E-state index in [0.717, 1.165) is 0 Å².